The Labute approximate surface area is 127 Å². The van der Waals surface area contributed by atoms with Gasteiger partial charge in [-0.25, -0.2) is 15.0 Å². The van der Waals surface area contributed by atoms with Crippen molar-refractivity contribution in [3.63, 3.8) is 0 Å². The molecule has 0 spiro atoms. The van der Waals surface area contributed by atoms with E-state index in [9.17, 15) is 18.0 Å². The lowest BCUT2D eigenvalue weighted by atomic mass is 10.3. The van der Waals surface area contributed by atoms with Gasteiger partial charge in [0.2, 0.25) is 11.7 Å². The summed E-state index contributed by atoms with van der Waals surface area (Å²) in [6.45, 7) is 2.84. The van der Waals surface area contributed by atoms with Crippen molar-refractivity contribution in [1.82, 2.24) is 15.0 Å². The first-order chi connectivity index (χ1) is 10.7. The minimum atomic E-state index is -4.61. The third-order valence-electron chi connectivity index (χ3n) is 2.28. The number of aryl methyl sites for hydroxylation is 2. The number of rotatable bonds is 2. The molecule has 0 saturated heterocycles. The van der Waals surface area contributed by atoms with Crippen molar-refractivity contribution < 1.29 is 32.3 Å². The van der Waals surface area contributed by atoms with E-state index in [2.05, 4.69) is 20.3 Å². The molecule has 0 bridgehead atoms. The third-order valence-corrected chi connectivity index (χ3v) is 2.28. The monoisotopic (exact) mass is 332 g/mol. The van der Waals surface area contributed by atoms with Crippen LogP contribution in [0.4, 0.5) is 19.1 Å². The minimum Gasteiger partial charge on any atom is -0.483 e. The van der Waals surface area contributed by atoms with E-state index in [1.165, 1.54) is 0 Å². The van der Waals surface area contributed by atoms with Crippen molar-refractivity contribution in [3.05, 3.63) is 35.3 Å². The van der Waals surface area contributed by atoms with E-state index < -0.39 is 23.7 Å². The van der Waals surface area contributed by atoms with Gasteiger partial charge < -0.3 is 9.52 Å². The molecule has 0 atom stereocenters. The summed E-state index contributed by atoms with van der Waals surface area (Å²) in [7, 11) is 0. The molecule has 0 aromatic carbocycles. The fourth-order valence-electron chi connectivity index (χ4n) is 1.48. The molecule has 1 amide bonds. The number of anilines is 1. The zero-order chi connectivity index (χ0) is 17.6. The van der Waals surface area contributed by atoms with Crippen molar-refractivity contribution >= 4 is 18.3 Å². The number of carbonyl (C=O) groups excluding carboxylic acids is 1. The summed E-state index contributed by atoms with van der Waals surface area (Å²) in [5.41, 5.74) is -0.819. The highest BCUT2D eigenvalue weighted by Crippen LogP contribution is 2.27. The molecule has 0 aliphatic heterocycles. The van der Waals surface area contributed by atoms with Gasteiger partial charge in [-0.1, -0.05) is 0 Å². The van der Waals surface area contributed by atoms with Gasteiger partial charge >= 0.3 is 6.18 Å². The van der Waals surface area contributed by atoms with E-state index in [1.807, 2.05) is 0 Å². The lowest BCUT2D eigenvalue weighted by molar-refractivity contribution is -0.141. The maximum Gasteiger partial charge on any atom is 0.433 e. The summed E-state index contributed by atoms with van der Waals surface area (Å²) in [5.74, 6) is -1.04. The predicted molar refractivity (Wildman–Crippen MR) is 69.7 cm³/mol. The summed E-state index contributed by atoms with van der Waals surface area (Å²) < 4.78 is 42.4. The van der Waals surface area contributed by atoms with Gasteiger partial charge in [-0.05, 0) is 13.0 Å². The van der Waals surface area contributed by atoms with Crippen molar-refractivity contribution in [1.29, 1.82) is 0 Å². The maximum atomic E-state index is 12.5. The van der Waals surface area contributed by atoms with E-state index in [0.717, 1.165) is 6.20 Å². The van der Waals surface area contributed by atoms with Crippen molar-refractivity contribution in [2.45, 2.75) is 20.0 Å². The molecule has 2 aromatic heterocycles. The normalized spacial score (nSPS) is 10.5. The third kappa shape index (κ3) is 5.05. The Morgan fingerprint density at radius 1 is 1.35 bits per heavy atom. The molecule has 2 N–H and O–H groups in total. The molecule has 0 fully saturated rings. The number of nitrogens with zero attached hydrogens (tertiary/aromatic N) is 3. The first-order valence-corrected chi connectivity index (χ1v) is 5.92. The van der Waals surface area contributed by atoms with Crippen LogP contribution in [0, 0.1) is 13.8 Å². The highest BCUT2D eigenvalue weighted by Gasteiger charge is 2.33. The molecule has 0 unspecified atom stereocenters. The van der Waals surface area contributed by atoms with E-state index in [-0.39, 0.29) is 18.1 Å². The molecule has 23 heavy (non-hydrogen) atoms. The Morgan fingerprint density at radius 2 is 1.96 bits per heavy atom. The quantitative estimate of drug-likeness (QED) is 0.808. The number of hydrogen-bond donors (Lipinski definition) is 2. The zero-order valence-electron chi connectivity index (χ0n) is 11.9. The lowest BCUT2D eigenvalue weighted by Gasteiger charge is -2.07. The van der Waals surface area contributed by atoms with Crippen LogP contribution in [0.15, 0.2) is 16.7 Å². The van der Waals surface area contributed by atoms with Crippen LogP contribution in [0.25, 0.3) is 0 Å². The molecular formula is C12H11F3N4O4. The van der Waals surface area contributed by atoms with Gasteiger partial charge in [-0.2, -0.15) is 13.2 Å². The Kier molecular flexibility index (Phi) is 5.76. The molecule has 0 aliphatic carbocycles. The summed E-state index contributed by atoms with van der Waals surface area (Å²) in [4.78, 5) is 30.8. The fraction of sp³-hybridized carbons (Fsp3) is 0.250. The zero-order valence-corrected chi connectivity index (χ0v) is 11.9. The number of oxazole rings is 1. The van der Waals surface area contributed by atoms with Gasteiger partial charge in [0.15, 0.2) is 5.89 Å². The van der Waals surface area contributed by atoms with Gasteiger partial charge in [0.05, 0.1) is 5.69 Å². The second-order valence-electron chi connectivity index (χ2n) is 3.97. The lowest BCUT2D eigenvalue weighted by Crippen LogP contribution is -2.17. The maximum absolute atomic E-state index is 12.5. The van der Waals surface area contributed by atoms with Crippen LogP contribution in [-0.2, 0) is 11.0 Å². The molecule has 2 heterocycles. The highest BCUT2D eigenvalue weighted by atomic mass is 19.4. The molecule has 2 aromatic rings. The Bertz CT molecular complexity index is 700. The average Bonchev–Trinajstić information content (AvgIpc) is 2.78. The fourth-order valence-corrected chi connectivity index (χ4v) is 1.48. The van der Waals surface area contributed by atoms with Gasteiger partial charge in [0, 0.05) is 13.1 Å². The number of aromatic nitrogens is 3. The smallest absolute Gasteiger partial charge is 0.433 e. The number of halogens is 3. The number of hydrogen-bond acceptors (Lipinski definition) is 6. The van der Waals surface area contributed by atoms with Gasteiger partial charge in [-0.15, -0.1) is 0 Å². The van der Waals surface area contributed by atoms with Crippen molar-refractivity contribution in [2.24, 2.45) is 0 Å². The highest BCUT2D eigenvalue weighted by molar-refractivity contribution is 6.01. The molecule has 11 heteroatoms. The summed E-state index contributed by atoms with van der Waals surface area (Å²) in [6, 6.07) is 0.708. The molecule has 2 rings (SSSR count). The van der Waals surface area contributed by atoms with Crippen LogP contribution < -0.4 is 5.32 Å². The molecule has 0 aliphatic rings. The second kappa shape index (κ2) is 7.33. The van der Waals surface area contributed by atoms with Crippen LogP contribution in [0.5, 0.6) is 0 Å². The number of amides is 1. The van der Waals surface area contributed by atoms with Gasteiger partial charge in [-0.3, -0.25) is 14.9 Å². The van der Waals surface area contributed by atoms with Crippen molar-refractivity contribution in [3.8, 4) is 0 Å². The van der Waals surface area contributed by atoms with Crippen LogP contribution >= 0.6 is 0 Å². The first kappa shape index (κ1) is 18.1. The SMILES string of the molecule is Cc1nc(C)c(C(=O)Nc2nccc(C(F)(F)F)n2)o1.O=CO. The van der Waals surface area contributed by atoms with Gasteiger partial charge in [0.25, 0.3) is 12.4 Å². The van der Waals surface area contributed by atoms with Crippen LogP contribution in [0.1, 0.15) is 27.8 Å². The average molecular weight is 332 g/mol. The second-order valence-corrected chi connectivity index (χ2v) is 3.97. The van der Waals surface area contributed by atoms with E-state index in [0.29, 0.717) is 11.8 Å². The van der Waals surface area contributed by atoms with E-state index in [4.69, 9.17) is 14.3 Å². The number of carbonyl (C=O) groups is 2. The molecule has 8 nitrogen and oxygen atoms in total. The molecule has 0 saturated carbocycles. The summed E-state index contributed by atoms with van der Waals surface area (Å²) >= 11 is 0. The molecule has 0 radical (unpaired) electrons. The number of alkyl halides is 3. The Balaban J connectivity index is 0.000000816. The van der Waals surface area contributed by atoms with Crippen molar-refractivity contribution in [2.75, 3.05) is 5.32 Å². The first-order valence-electron chi connectivity index (χ1n) is 5.92. The van der Waals surface area contributed by atoms with Gasteiger partial charge in [0.1, 0.15) is 5.69 Å². The topological polar surface area (TPSA) is 118 Å². The van der Waals surface area contributed by atoms with E-state index >= 15 is 0 Å². The Morgan fingerprint density at radius 3 is 2.43 bits per heavy atom. The predicted octanol–water partition coefficient (Wildman–Crippen LogP) is 2.05. The number of carboxylic acid groups (broad SMARTS) is 1. The largest absolute Gasteiger partial charge is 0.483 e. The molecule has 124 valence electrons. The molecular weight excluding hydrogens is 321 g/mol. The van der Waals surface area contributed by atoms with E-state index in [1.54, 1.807) is 13.8 Å². The van der Waals surface area contributed by atoms with Crippen LogP contribution in [-0.4, -0.2) is 32.4 Å². The standard InChI is InChI=1S/C11H9F3N4O2.CH2O2/c1-5-8(20-6(2)16-5)9(19)18-10-15-4-3-7(17-10)11(12,13)14;2-1-3/h3-4H,1-2H3,(H,15,17,18,19);1H,(H,2,3). The van der Waals surface area contributed by atoms with Crippen LogP contribution in [0.2, 0.25) is 0 Å². The minimum absolute atomic E-state index is 0.0940. The number of nitrogens with one attached hydrogen (secondary N) is 1. The summed E-state index contributed by atoms with van der Waals surface area (Å²) in [6.07, 6.45) is -3.70. The Hall–Kier alpha value is -2.98. The summed E-state index contributed by atoms with van der Waals surface area (Å²) in [5, 5.41) is 9.02. The van der Waals surface area contributed by atoms with Crippen LogP contribution in [0.3, 0.4) is 0 Å².